The number of aromatic amines is 2. The van der Waals surface area contributed by atoms with Gasteiger partial charge in [0.1, 0.15) is 34.6 Å². The first kappa shape index (κ1) is 50.9. The second-order valence-electron chi connectivity index (χ2n) is 18.9. The quantitative estimate of drug-likeness (QED) is 0.0437. The Morgan fingerprint density at radius 3 is 1.05 bits per heavy atom. The molecule has 1 aliphatic carbocycles. The number of hydrogen-bond donors (Lipinski definition) is 6. The van der Waals surface area contributed by atoms with Crippen molar-refractivity contribution >= 4 is 34.1 Å². The number of nitrogens with zero attached hydrogens (tertiary/aromatic N) is 2. The number of hydrogen-bond acceptors (Lipinski definition) is 8. The van der Waals surface area contributed by atoms with Crippen molar-refractivity contribution in [1.82, 2.24) is 41.2 Å². The van der Waals surface area contributed by atoms with Crippen molar-refractivity contribution in [3.05, 3.63) is 176 Å². The number of fused-ring (bicyclic) bond motifs is 10. The second kappa shape index (κ2) is 24.6. The zero-order valence-electron chi connectivity index (χ0n) is 43.0. The minimum atomic E-state index is -0.299. The Morgan fingerprint density at radius 1 is 0.419 bits per heavy atom. The summed E-state index contributed by atoms with van der Waals surface area (Å²) in [6, 6.07) is 36.4. The summed E-state index contributed by atoms with van der Waals surface area (Å²) in [5.74, 6) is 4.68. The molecule has 384 valence electrons. The van der Waals surface area contributed by atoms with Crippen molar-refractivity contribution in [3.8, 4) is 23.0 Å². The van der Waals surface area contributed by atoms with Crippen LogP contribution < -0.4 is 40.2 Å². The molecule has 8 bridgehead atoms. The fraction of sp³-hybridized carbons (Fsp3) is 0.333. The number of benzene rings is 6. The molecule has 9 rings (SSSR count). The largest absolute Gasteiger partial charge is 0.493 e. The molecule has 6 aromatic carbocycles. The number of H-pyrrole nitrogens is 2. The molecule has 0 unspecified atom stereocenters. The summed E-state index contributed by atoms with van der Waals surface area (Å²) in [6.07, 6.45) is 5.39. The first-order chi connectivity index (χ1) is 36.3. The van der Waals surface area contributed by atoms with Gasteiger partial charge in [-0.2, -0.15) is 0 Å². The van der Waals surface area contributed by atoms with Gasteiger partial charge in [-0.3, -0.25) is 0 Å². The summed E-state index contributed by atoms with van der Waals surface area (Å²) in [6.45, 7) is 11.7. The third kappa shape index (κ3) is 12.6. The standard InChI is InChI=1S/C60H68N8O6/c1-5-23-71-55-41-15-13-16-42(55)32-46-28-40(36-62-60(70)64-38-54-67-51-21-11-12-22-52(51)68-54)30-48(58(46)74-26-8-4)34-44-18-14-17-43(56(44)72-24-6-2)33-47-29-39(27-45(31-41)57(47)73-25-7-3)35-61-59(69)63-37-53-65-49-19-9-10-20-50(49)66-53/h9-22,27-30H,5-8,23-26,31-38H2,1-4H3,(H,65,66)(H,67,68)(H2,61,63,69)(H2,62,64,70). The van der Waals surface area contributed by atoms with E-state index in [-0.39, 0.29) is 38.2 Å². The molecule has 0 spiro atoms. The third-order valence-corrected chi connectivity index (χ3v) is 12.9. The van der Waals surface area contributed by atoms with E-state index in [0.717, 1.165) is 126 Å². The van der Waals surface area contributed by atoms with Crippen molar-refractivity contribution in [2.75, 3.05) is 26.4 Å². The van der Waals surface area contributed by atoms with Crippen LogP contribution in [0.5, 0.6) is 23.0 Å². The SMILES string of the molecule is CCCOc1c2cccc1Cc1cc(CNC(=O)NCc3nc4ccccc4[nH]3)cc(c1OCCC)Cc1cccc(c1OCCC)Cc1cc(CNC(=O)NCc3nc4ccccc4[nH]3)cc(c1OCCC)C2. The number of carbonyl (C=O) groups excluding carboxylic acids is 2. The lowest BCUT2D eigenvalue weighted by atomic mass is 9.89. The zero-order valence-corrected chi connectivity index (χ0v) is 43.0. The normalized spacial score (nSPS) is 12.1. The molecule has 4 amide bonds. The minimum Gasteiger partial charge on any atom is -0.493 e. The number of para-hydroxylation sites is 6. The summed E-state index contributed by atoms with van der Waals surface area (Å²) in [4.78, 5) is 42.7. The van der Waals surface area contributed by atoms with Gasteiger partial charge in [0.05, 0.1) is 61.6 Å². The number of ether oxygens (including phenoxy) is 4. The van der Waals surface area contributed by atoms with Gasteiger partial charge in [-0.05, 0) is 130 Å². The van der Waals surface area contributed by atoms with Gasteiger partial charge in [-0.25, -0.2) is 19.6 Å². The lowest BCUT2D eigenvalue weighted by molar-refractivity contribution is 0.239. The van der Waals surface area contributed by atoms with E-state index in [2.05, 4.69) is 130 Å². The smallest absolute Gasteiger partial charge is 0.315 e. The number of aromatic nitrogens is 4. The number of nitrogens with one attached hydrogen (secondary N) is 6. The lowest BCUT2D eigenvalue weighted by Gasteiger charge is -2.24. The number of amides is 4. The van der Waals surface area contributed by atoms with Crippen LogP contribution in [0, 0.1) is 0 Å². The van der Waals surface area contributed by atoms with Gasteiger partial charge >= 0.3 is 12.1 Å². The molecule has 74 heavy (non-hydrogen) atoms. The van der Waals surface area contributed by atoms with Crippen molar-refractivity contribution in [1.29, 1.82) is 0 Å². The molecule has 0 saturated carbocycles. The van der Waals surface area contributed by atoms with Gasteiger partial charge in [0.25, 0.3) is 0 Å². The van der Waals surface area contributed by atoms with Crippen LogP contribution in [-0.4, -0.2) is 58.4 Å². The molecule has 0 fully saturated rings. The summed E-state index contributed by atoms with van der Waals surface area (Å²) in [5.41, 5.74) is 13.5. The Hall–Kier alpha value is -8.00. The van der Waals surface area contributed by atoms with Crippen LogP contribution in [0.2, 0.25) is 0 Å². The van der Waals surface area contributed by atoms with E-state index in [1.54, 1.807) is 0 Å². The maximum absolute atomic E-state index is 13.4. The molecule has 0 aliphatic heterocycles. The average Bonchev–Trinajstić information content (AvgIpc) is 4.04. The average molecular weight is 997 g/mol. The summed E-state index contributed by atoms with van der Waals surface area (Å²) in [5, 5.41) is 12.2. The molecule has 2 aromatic heterocycles. The first-order valence-corrected chi connectivity index (χ1v) is 26.2. The minimum absolute atomic E-state index is 0.255. The van der Waals surface area contributed by atoms with E-state index < -0.39 is 0 Å². The predicted octanol–water partition coefficient (Wildman–Crippen LogP) is 11.3. The Balaban J connectivity index is 1.09. The molecular weight excluding hydrogens is 929 g/mol. The fourth-order valence-electron chi connectivity index (χ4n) is 9.59. The Labute approximate surface area is 433 Å². The van der Waals surface area contributed by atoms with E-state index in [4.69, 9.17) is 18.9 Å². The van der Waals surface area contributed by atoms with Crippen LogP contribution in [0.4, 0.5) is 9.59 Å². The van der Waals surface area contributed by atoms with Crippen LogP contribution in [-0.2, 0) is 51.9 Å². The van der Waals surface area contributed by atoms with Gasteiger partial charge in [-0.15, -0.1) is 0 Å². The maximum Gasteiger partial charge on any atom is 0.315 e. The number of rotatable bonds is 20. The van der Waals surface area contributed by atoms with Gasteiger partial charge in [-0.1, -0.05) is 88.4 Å². The number of imidazole rings is 2. The Kier molecular flexibility index (Phi) is 16.9. The summed E-state index contributed by atoms with van der Waals surface area (Å²) < 4.78 is 27.1. The van der Waals surface area contributed by atoms with Crippen molar-refractivity contribution in [3.63, 3.8) is 0 Å². The van der Waals surface area contributed by atoms with E-state index in [1.807, 2.05) is 48.5 Å². The second-order valence-corrected chi connectivity index (χ2v) is 18.9. The van der Waals surface area contributed by atoms with Crippen molar-refractivity contribution in [2.45, 2.75) is 105 Å². The molecule has 0 atom stereocenters. The predicted molar refractivity (Wildman–Crippen MR) is 290 cm³/mol. The van der Waals surface area contributed by atoms with Crippen LogP contribution in [0.25, 0.3) is 22.1 Å². The van der Waals surface area contributed by atoms with Crippen LogP contribution in [0.3, 0.4) is 0 Å². The van der Waals surface area contributed by atoms with Gasteiger partial charge in [0.2, 0.25) is 0 Å². The summed E-state index contributed by atoms with van der Waals surface area (Å²) in [7, 11) is 0. The van der Waals surface area contributed by atoms with Gasteiger partial charge < -0.3 is 50.2 Å². The lowest BCUT2D eigenvalue weighted by Crippen LogP contribution is -2.34. The van der Waals surface area contributed by atoms with Gasteiger partial charge in [0, 0.05) is 38.8 Å². The highest BCUT2D eigenvalue weighted by molar-refractivity contribution is 5.77. The number of carbonyl (C=O) groups is 2. The summed E-state index contributed by atoms with van der Waals surface area (Å²) >= 11 is 0. The highest BCUT2D eigenvalue weighted by Crippen LogP contribution is 2.40. The molecule has 14 nitrogen and oxygen atoms in total. The van der Waals surface area contributed by atoms with E-state index in [9.17, 15) is 9.59 Å². The fourth-order valence-corrected chi connectivity index (χ4v) is 9.59. The first-order valence-electron chi connectivity index (χ1n) is 26.2. The monoisotopic (exact) mass is 997 g/mol. The number of urea groups is 2. The zero-order chi connectivity index (χ0) is 51.2. The third-order valence-electron chi connectivity index (χ3n) is 12.9. The Morgan fingerprint density at radius 2 is 0.730 bits per heavy atom. The molecule has 0 saturated heterocycles. The van der Waals surface area contributed by atoms with E-state index in [0.29, 0.717) is 63.8 Å². The highest BCUT2D eigenvalue weighted by Gasteiger charge is 2.24. The molecule has 6 N–H and O–H groups in total. The maximum atomic E-state index is 13.4. The van der Waals surface area contributed by atoms with E-state index in [1.165, 1.54) is 0 Å². The molecule has 8 aromatic rings. The highest BCUT2D eigenvalue weighted by atomic mass is 16.5. The molecule has 0 radical (unpaired) electrons. The van der Waals surface area contributed by atoms with Crippen molar-refractivity contribution < 1.29 is 28.5 Å². The molecule has 14 heteroatoms. The topological polar surface area (TPSA) is 177 Å². The Bertz CT molecular complexity index is 2850. The van der Waals surface area contributed by atoms with Crippen LogP contribution in [0.1, 0.15) is 121 Å². The molecule has 1 aliphatic rings. The molecule has 2 heterocycles. The van der Waals surface area contributed by atoms with Gasteiger partial charge in [0.15, 0.2) is 0 Å². The van der Waals surface area contributed by atoms with Crippen molar-refractivity contribution in [2.24, 2.45) is 0 Å². The van der Waals surface area contributed by atoms with E-state index >= 15 is 0 Å². The van der Waals surface area contributed by atoms with Crippen LogP contribution >= 0.6 is 0 Å². The van der Waals surface area contributed by atoms with Crippen LogP contribution in [0.15, 0.2) is 109 Å². The molecular formula is C60H68N8O6.